The smallest absolute Gasteiger partial charge is 0.136 e. The van der Waals surface area contributed by atoms with Crippen LogP contribution >= 0.6 is 0 Å². The summed E-state index contributed by atoms with van der Waals surface area (Å²) >= 11 is 0. The summed E-state index contributed by atoms with van der Waals surface area (Å²) in [6.07, 6.45) is 0. The van der Waals surface area contributed by atoms with Crippen LogP contribution in [-0.4, -0.2) is 0 Å². The van der Waals surface area contributed by atoms with Gasteiger partial charge >= 0.3 is 0 Å². The third-order valence-electron chi connectivity index (χ3n) is 11.5. The average molecular weight is 740 g/mol. The molecule has 0 saturated carbocycles. The Hall–Kier alpha value is -7.68. The van der Waals surface area contributed by atoms with Gasteiger partial charge in [-0.3, -0.25) is 0 Å². The summed E-state index contributed by atoms with van der Waals surface area (Å²) in [4.78, 5) is 2.35. The van der Waals surface area contributed by atoms with E-state index >= 15 is 0 Å². The Bertz CT molecular complexity index is 3240. The Morgan fingerprint density at radius 2 is 0.621 bits per heavy atom. The summed E-state index contributed by atoms with van der Waals surface area (Å²) in [5.41, 5.74) is 14.6. The first kappa shape index (κ1) is 33.6. The van der Waals surface area contributed by atoms with Crippen molar-refractivity contribution in [3.63, 3.8) is 0 Å². The summed E-state index contributed by atoms with van der Waals surface area (Å²) in [6.45, 7) is 0. The molecule has 1 aromatic heterocycles. The zero-order chi connectivity index (χ0) is 38.4. The lowest BCUT2D eigenvalue weighted by molar-refractivity contribution is 0.669. The van der Waals surface area contributed by atoms with Gasteiger partial charge in [-0.25, -0.2) is 0 Å². The number of nitrogens with zero attached hydrogens (tertiary/aromatic N) is 1. The average Bonchev–Trinajstić information content (AvgIpc) is 3.69. The van der Waals surface area contributed by atoms with E-state index in [9.17, 15) is 0 Å². The Morgan fingerprint density at radius 1 is 0.259 bits per heavy atom. The van der Waals surface area contributed by atoms with Crippen molar-refractivity contribution >= 4 is 60.5 Å². The molecule has 0 saturated heterocycles. The standard InChI is InChI=1S/C56H37NO/c1-3-14-48-40(10-1)12-7-17-50(48)42-24-22-38(23-25-42)39-26-32-45(33-27-39)57(46-34-28-43(29-35-46)51-18-8-13-41-11-2-4-15-49(41)51)47-36-30-44(31-37-47)52-19-9-21-55-56(52)53-16-5-6-20-54(53)58-55/h1-37H. The third-order valence-corrected chi connectivity index (χ3v) is 11.5. The lowest BCUT2D eigenvalue weighted by atomic mass is 9.96. The lowest BCUT2D eigenvalue weighted by Crippen LogP contribution is -2.09. The summed E-state index contributed by atoms with van der Waals surface area (Å²) in [7, 11) is 0. The minimum absolute atomic E-state index is 0.902. The van der Waals surface area contributed by atoms with Gasteiger partial charge in [-0.2, -0.15) is 0 Å². The molecule has 0 N–H and O–H groups in total. The topological polar surface area (TPSA) is 16.4 Å². The van der Waals surface area contributed by atoms with Crippen LogP contribution in [0.2, 0.25) is 0 Å². The van der Waals surface area contributed by atoms with Crippen LogP contribution in [0, 0.1) is 0 Å². The summed E-state index contributed by atoms with van der Waals surface area (Å²) in [5, 5.41) is 7.30. The molecule has 0 atom stereocenters. The van der Waals surface area contributed by atoms with Crippen molar-refractivity contribution in [2.75, 3.05) is 4.90 Å². The van der Waals surface area contributed by atoms with Gasteiger partial charge in [-0.15, -0.1) is 0 Å². The van der Waals surface area contributed by atoms with E-state index in [0.717, 1.165) is 50.1 Å². The van der Waals surface area contributed by atoms with Crippen LogP contribution < -0.4 is 4.90 Å². The molecule has 0 aliphatic heterocycles. The molecule has 11 rings (SSSR count). The molecule has 0 unspecified atom stereocenters. The molecular formula is C56H37NO. The van der Waals surface area contributed by atoms with E-state index in [1.54, 1.807) is 0 Å². The van der Waals surface area contributed by atoms with Crippen LogP contribution in [0.4, 0.5) is 17.1 Å². The first-order chi connectivity index (χ1) is 28.7. The second-order valence-corrected chi connectivity index (χ2v) is 14.9. The Balaban J connectivity index is 0.961. The molecule has 0 amide bonds. The quantitative estimate of drug-likeness (QED) is 0.162. The zero-order valence-corrected chi connectivity index (χ0v) is 31.7. The van der Waals surface area contributed by atoms with E-state index in [0.29, 0.717) is 0 Å². The molecule has 11 aromatic rings. The number of benzene rings is 10. The van der Waals surface area contributed by atoms with Gasteiger partial charge < -0.3 is 9.32 Å². The van der Waals surface area contributed by atoms with E-state index in [1.165, 1.54) is 54.9 Å². The summed E-state index contributed by atoms with van der Waals surface area (Å²) in [6, 6.07) is 80.6. The molecule has 2 heteroatoms. The zero-order valence-electron chi connectivity index (χ0n) is 31.7. The van der Waals surface area contributed by atoms with Crippen LogP contribution in [-0.2, 0) is 0 Å². The van der Waals surface area contributed by atoms with Crippen molar-refractivity contribution in [3.05, 3.63) is 224 Å². The predicted octanol–water partition coefficient (Wildman–Crippen LogP) is 16.0. The van der Waals surface area contributed by atoms with E-state index in [4.69, 9.17) is 4.42 Å². The molecule has 58 heavy (non-hydrogen) atoms. The van der Waals surface area contributed by atoms with E-state index in [2.05, 4.69) is 217 Å². The SMILES string of the molecule is c1ccc2c(-c3ccc(-c4ccc(N(c5ccc(-c6cccc7ccccc67)cc5)c5ccc(-c6cccc7oc8ccccc8c67)cc5)cc4)cc3)cccc2c1. The number of hydrogen-bond acceptors (Lipinski definition) is 2. The minimum atomic E-state index is 0.902. The monoisotopic (exact) mass is 739 g/mol. The molecule has 272 valence electrons. The lowest BCUT2D eigenvalue weighted by Gasteiger charge is -2.26. The molecular weight excluding hydrogens is 703 g/mol. The van der Waals surface area contributed by atoms with Crippen molar-refractivity contribution in [1.82, 2.24) is 0 Å². The third kappa shape index (κ3) is 5.91. The van der Waals surface area contributed by atoms with Crippen molar-refractivity contribution in [3.8, 4) is 44.5 Å². The number of furan rings is 1. The van der Waals surface area contributed by atoms with Crippen molar-refractivity contribution in [2.24, 2.45) is 0 Å². The maximum atomic E-state index is 6.23. The molecule has 1 heterocycles. The van der Waals surface area contributed by atoms with E-state index in [1.807, 2.05) is 12.1 Å². The van der Waals surface area contributed by atoms with Gasteiger partial charge in [0.05, 0.1) is 0 Å². The number of hydrogen-bond donors (Lipinski definition) is 0. The summed E-state index contributed by atoms with van der Waals surface area (Å²) < 4.78 is 6.23. The summed E-state index contributed by atoms with van der Waals surface area (Å²) in [5.74, 6) is 0. The Kier molecular flexibility index (Phi) is 8.19. The Labute approximate surface area is 337 Å². The molecule has 0 aliphatic rings. The molecule has 0 bridgehead atoms. The normalized spacial score (nSPS) is 11.4. The minimum Gasteiger partial charge on any atom is -0.456 e. The van der Waals surface area contributed by atoms with Gasteiger partial charge in [0.25, 0.3) is 0 Å². The second kappa shape index (κ2) is 14.1. The van der Waals surface area contributed by atoms with E-state index < -0.39 is 0 Å². The predicted molar refractivity (Wildman–Crippen MR) is 245 cm³/mol. The molecule has 0 fully saturated rings. The van der Waals surface area contributed by atoms with Gasteiger partial charge in [0.1, 0.15) is 11.2 Å². The van der Waals surface area contributed by atoms with Gasteiger partial charge in [0.2, 0.25) is 0 Å². The molecule has 10 aromatic carbocycles. The van der Waals surface area contributed by atoms with Gasteiger partial charge in [0, 0.05) is 27.8 Å². The number of para-hydroxylation sites is 1. The number of anilines is 3. The van der Waals surface area contributed by atoms with Crippen molar-refractivity contribution < 1.29 is 4.42 Å². The van der Waals surface area contributed by atoms with E-state index in [-0.39, 0.29) is 0 Å². The van der Waals surface area contributed by atoms with Crippen LogP contribution in [0.25, 0.3) is 88.0 Å². The maximum absolute atomic E-state index is 6.23. The highest BCUT2D eigenvalue weighted by Crippen LogP contribution is 2.41. The van der Waals surface area contributed by atoms with Gasteiger partial charge in [-0.05, 0) is 115 Å². The van der Waals surface area contributed by atoms with Crippen LogP contribution in [0.15, 0.2) is 229 Å². The van der Waals surface area contributed by atoms with Crippen molar-refractivity contribution in [1.29, 1.82) is 0 Å². The van der Waals surface area contributed by atoms with Crippen LogP contribution in [0.1, 0.15) is 0 Å². The van der Waals surface area contributed by atoms with Gasteiger partial charge in [-0.1, -0.05) is 176 Å². The Morgan fingerprint density at radius 3 is 1.17 bits per heavy atom. The second-order valence-electron chi connectivity index (χ2n) is 14.9. The number of fused-ring (bicyclic) bond motifs is 5. The maximum Gasteiger partial charge on any atom is 0.136 e. The molecule has 0 radical (unpaired) electrons. The fraction of sp³-hybridized carbons (Fsp3) is 0. The highest BCUT2D eigenvalue weighted by Gasteiger charge is 2.16. The largest absolute Gasteiger partial charge is 0.456 e. The first-order valence-corrected chi connectivity index (χ1v) is 19.8. The molecule has 0 aliphatic carbocycles. The van der Waals surface area contributed by atoms with Crippen LogP contribution in [0.3, 0.4) is 0 Å². The number of rotatable bonds is 7. The highest BCUT2D eigenvalue weighted by molar-refractivity contribution is 6.12. The van der Waals surface area contributed by atoms with Gasteiger partial charge in [0.15, 0.2) is 0 Å². The molecule has 0 spiro atoms. The fourth-order valence-electron chi connectivity index (χ4n) is 8.64. The van der Waals surface area contributed by atoms with Crippen molar-refractivity contribution in [2.45, 2.75) is 0 Å². The van der Waals surface area contributed by atoms with Crippen LogP contribution in [0.5, 0.6) is 0 Å². The first-order valence-electron chi connectivity index (χ1n) is 19.8. The highest BCUT2D eigenvalue weighted by atomic mass is 16.3. The fourth-order valence-corrected chi connectivity index (χ4v) is 8.64. The molecule has 2 nitrogen and oxygen atoms in total.